The van der Waals surface area contributed by atoms with Gasteiger partial charge in [0.05, 0.1) is 28.4 Å². The molecule has 0 N–H and O–H groups in total. The van der Waals surface area contributed by atoms with Gasteiger partial charge in [0.25, 0.3) is 0 Å². The van der Waals surface area contributed by atoms with Crippen molar-refractivity contribution in [2.24, 2.45) is 11.3 Å². The van der Waals surface area contributed by atoms with Gasteiger partial charge in [-0.05, 0) is 48.5 Å². The second kappa shape index (κ2) is 10.2. The van der Waals surface area contributed by atoms with Crippen LogP contribution < -0.4 is 18.9 Å². The molecular formula is C28H34O5. The molecule has 5 nitrogen and oxygen atoms in total. The van der Waals surface area contributed by atoms with E-state index >= 15 is 0 Å². The summed E-state index contributed by atoms with van der Waals surface area (Å²) >= 11 is 0. The number of allylic oxidation sites excluding steroid dienone is 2. The van der Waals surface area contributed by atoms with Crippen LogP contribution in [0.2, 0.25) is 0 Å². The average molecular weight is 451 g/mol. The Kier molecular flexibility index (Phi) is 7.52. The van der Waals surface area contributed by atoms with Gasteiger partial charge >= 0.3 is 0 Å². The van der Waals surface area contributed by atoms with Gasteiger partial charge in [0.2, 0.25) is 0 Å². The van der Waals surface area contributed by atoms with Gasteiger partial charge in [-0.25, -0.2) is 0 Å². The predicted molar refractivity (Wildman–Crippen MR) is 132 cm³/mol. The molecule has 0 radical (unpaired) electrons. The van der Waals surface area contributed by atoms with E-state index < -0.39 is 0 Å². The highest BCUT2D eigenvalue weighted by molar-refractivity contribution is 6.14. The van der Waals surface area contributed by atoms with Gasteiger partial charge in [-0.3, -0.25) is 4.79 Å². The smallest absolute Gasteiger partial charge is 0.185 e. The fraction of sp³-hybridized carbons (Fsp3) is 0.393. The van der Waals surface area contributed by atoms with E-state index in [-0.39, 0.29) is 11.2 Å². The molecule has 5 heteroatoms. The first-order chi connectivity index (χ1) is 15.7. The maximum atomic E-state index is 13.6. The van der Waals surface area contributed by atoms with Crippen molar-refractivity contribution in [2.75, 3.05) is 28.4 Å². The summed E-state index contributed by atoms with van der Waals surface area (Å²) in [6.45, 7) is 6.67. The Balaban J connectivity index is 2.12. The SMILES string of the molecule is COc1cccc(C=C2CC(C(C)(C)C)CC(=Cc3cccc(OC)c3OC)C2=O)c1OC. The molecule has 0 bridgehead atoms. The number of hydrogen-bond donors (Lipinski definition) is 0. The van der Waals surface area contributed by atoms with Crippen molar-refractivity contribution in [3.05, 3.63) is 58.7 Å². The monoisotopic (exact) mass is 450 g/mol. The molecule has 176 valence electrons. The Hall–Kier alpha value is -3.21. The summed E-state index contributed by atoms with van der Waals surface area (Å²) < 4.78 is 22.1. The molecule has 0 unspecified atom stereocenters. The molecule has 33 heavy (non-hydrogen) atoms. The zero-order valence-corrected chi connectivity index (χ0v) is 20.7. The molecule has 0 amide bonds. The van der Waals surface area contributed by atoms with Crippen molar-refractivity contribution in [3.8, 4) is 23.0 Å². The molecule has 0 saturated heterocycles. The van der Waals surface area contributed by atoms with Gasteiger partial charge in [0.1, 0.15) is 0 Å². The first kappa shape index (κ1) is 24.4. The topological polar surface area (TPSA) is 54.0 Å². The van der Waals surface area contributed by atoms with E-state index in [0.717, 1.165) is 22.3 Å². The first-order valence-electron chi connectivity index (χ1n) is 11.1. The largest absolute Gasteiger partial charge is 0.493 e. The molecule has 0 atom stereocenters. The summed E-state index contributed by atoms with van der Waals surface area (Å²) in [5.74, 6) is 2.88. The Morgan fingerprint density at radius 1 is 0.727 bits per heavy atom. The van der Waals surface area contributed by atoms with E-state index in [1.807, 2.05) is 48.6 Å². The summed E-state index contributed by atoms with van der Waals surface area (Å²) in [5, 5.41) is 0. The van der Waals surface area contributed by atoms with Gasteiger partial charge < -0.3 is 18.9 Å². The molecular weight excluding hydrogens is 416 g/mol. The summed E-state index contributed by atoms with van der Waals surface area (Å²) in [6, 6.07) is 11.4. The number of rotatable bonds is 6. The van der Waals surface area contributed by atoms with Crippen LogP contribution in [0.1, 0.15) is 44.7 Å². The third-order valence-corrected chi connectivity index (χ3v) is 6.27. The van der Waals surface area contributed by atoms with E-state index in [1.165, 1.54) is 0 Å². The Morgan fingerprint density at radius 2 is 1.15 bits per heavy atom. The van der Waals surface area contributed by atoms with Crippen molar-refractivity contribution in [1.29, 1.82) is 0 Å². The van der Waals surface area contributed by atoms with E-state index in [2.05, 4.69) is 20.8 Å². The number of ether oxygens (including phenoxy) is 4. The minimum Gasteiger partial charge on any atom is -0.493 e. The maximum Gasteiger partial charge on any atom is 0.185 e. The molecule has 1 aliphatic carbocycles. The summed E-state index contributed by atoms with van der Waals surface area (Å²) in [5.41, 5.74) is 3.22. The number of benzene rings is 2. The van der Waals surface area contributed by atoms with Crippen LogP contribution >= 0.6 is 0 Å². The number of Topliss-reactive ketones (excluding diaryl/α,β-unsaturated/α-hetero) is 1. The summed E-state index contributed by atoms with van der Waals surface area (Å²) in [4.78, 5) is 13.6. The van der Waals surface area contributed by atoms with Crippen molar-refractivity contribution >= 4 is 17.9 Å². The van der Waals surface area contributed by atoms with Crippen molar-refractivity contribution in [2.45, 2.75) is 33.6 Å². The Labute approximate surface area is 197 Å². The molecule has 0 aliphatic heterocycles. The number of carbonyl (C=O) groups is 1. The van der Waals surface area contributed by atoms with E-state index in [4.69, 9.17) is 18.9 Å². The first-order valence-corrected chi connectivity index (χ1v) is 11.1. The molecule has 3 rings (SSSR count). The lowest BCUT2D eigenvalue weighted by molar-refractivity contribution is -0.113. The van der Waals surface area contributed by atoms with Gasteiger partial charge in [-0.2, -0.15) is 0 Å². The quantitative estimate of drug-likeness (QED) is 0.490. The number of para-hydroxylation sites is 2. The zero-order valence-electron chi connectivity index (χ0n) is 20.7. The molecule has 2 aromatic rings. The summed E-state index contributed by atoms with van der Waals surface area (Å²) in [6.07, 6.45) is 5.29. The second-order valence-corrected chi connectivity index (χ2v) is 9.30. The molecule has 2 aromatic carbocycles. The minimum absolute atomic E-state index is 0.0375. The number of methoxy groups -OCH3 is 4. The van der Waals surface area contributed by atoms with Crippen LogP contribution in [0.4, 0.5) is 0 Å². The summed E-state index contributed by atoms with van der Waals surface area (Å²) in [7, 11) is 6.44. The van der Waals surface area contributed by atoms with Crippen LogP contribution in [0.25, 0.3) is 12.2 Å². The Bertz CT molecular complexity index is 995. The molecule has 1 saturated carbocycles. The Morgan fingerprint density at radius 3 is 1.48 bits per heavy atom. The highest BCUT2D eigenvalue weighted by atomic mass is 16.5. The fourth-order valence-corrected chi connectivity index (χ4v) is 4.28. The highest BCUT2D eigenvalue weighted by Crippen LogP contribution is 2.44. The number of hydrogen-bond acceptors (Lipinski definition) is 5. The number of ketones is 1. The molecule has 1 aliphatic rings. The lowest BCUT2D eigenvalue weighted by Crippen LogP contribution is -2.29. The molecule has 0 spiro atoms. The van der Waals surface area contributed by atoms with Crippen LogP contribution in [0, 0.1) is 11.3 Å². The van der Waals surface area contributed by atoms with Crippen LogP contribution in [-0.4, -0.2) is 34.2 Å². The lowest BCUT2D eigenvalue weighted by Gasteiger charge is -2.35. The van der Waals surface area contributed by atoms with Gasteiger partial charge in [0.15, 0.2) is 28.8 Å². The fourth-order valence-electron chi connectivity index (χ4n) is 4.28. The second-order valence-electron chi connectivity index (χ2n) is 9.30. The minimum atomic E-state index is 0.0375. The molecule has 1 fully saturated rings. The van der Waals surface area contributed by atoms with Crippen LogP contribution in [-0.2, 0) is 4.79 Å². The van der Waals surface area contributed by atoms with Gasteiger partial charge in [-0.15, -0.1) is 0 Å². The maximum absolute atomic E-state index is 13.6. The standard InChI is InChI=1S/C28H34O5/c1-28(2,3)22-16-20(14-18-10-8-12-23(30-4)26(18)32-6)25(29)21(17-22)15-19-11-9-13-24(31-5)27(19)33-7/h8-15,22H,16-17H2,1-7H3. The molecule has 0 heterocycles. The zero-order chi connectivity index (χ0) is 24.2. The van der Waals surface area contributed by atoms with Crippen LogP contribution in [0.5, 0.6) is 23.0 Å². The normalized spacial score (nSPS) is 19.0. The predicted octanol–water partition coefficient (Wildman–Crippen LogP) is 6.21. The third kappa shape index (κ3) is 5.24. The van der Waals surface area contributed by atoms with Gasteiger partial charge in [0, 0.05) is 22.3 Å². The molecule has 0 aromatic heterocycles. The van der Waals surface area contributed by atoms with Crippen molar-refractivity contribution < 1.29 is 23.7 Å². The van der Waals surface area contributed by atoms with E-state index in [1.54, 1.807) is 28.4 Å². The van der Waals surface area contributed by atoms with Crippen molar-refractivity contribution in [3.63, 3.8) is 0 Å². The van der Waals surface area contributed by atoms with Crippen LogP contribution in [0.15, 0.2) is 47.5 Å². The average Bonchev–Trinajstić information content (AvgIpc) is 2.80. The third-order valence-electron chi connectivity index (χ3n) is 6.27. The number of carbonyl (C=O) groups excluding carboxylic acids is 1. The lowest BCUT2D eigenvalue weighted by atomic mass is 9.68. The van der Waals surface area contributed by atoms with E-state index in [0.29, 0.717) is 41.8 Å². The van der Waals surface area contributed by atoms with Crippen molar-refractivity contribution in [1.82, 2.24) is 0 Å². The highest BCUT2D eigenvalue weighted by Gasteiger charge is 2.35. The van der Waals surface area contributed by atoms with Gasteiger partial charge in [-0.1, -0.05) is 45.0 Å². The van der Waals surface area contributed by atoms with E-state index in [9.17, 15) is 4.79 Å². The van der Waals surface area contributed by atoms with Crippen LogP contribution in [0.3, 0.4) is 0 Å².